The smallest absolute Gasteiger partial charge is 0.104 e. The topological polar surface area (TPSA) is 59.1 Å². The molecule has 1 aliphatic carbocycles. The van der Waals surface area contributed by atoms with E-state index < -0.39 is 6.10 Å². The van der Waals surface area contributed by atoms with E-state index >= 15 is 0 Å². The van der Waals surface area contributed by atoms with Crippen molar-refractivity contribution in [3.63, 3.8) is 0 Å². The summed E-state index contributed by atoms with van der Waals surface area (Å²) in [5.74, 6) is 0. The van der Waals surface area contributed by atoms with Crippen molar-refractivity contribution >= 4 is 11.3 Å². The van der Waals surface area contributed by atoms with Gasteiger partial charge in [-0.25, -0.2) is 4.98 Å². The molecule has 0 spiro atoms. The van der Waals surface area contributed by atoms with Gasteiger partial charge in [-0.1, -0.05) is 6.42 Å². The number of thiazole rings is 1. The molecule has 0 bridgehead atoms. The second kappa shape index (κ2) is 3.36. The predicted molar refractivity (Wildman–Crippen MR) is 52.4 cm³/mol. The van der Waals surface area contributed by atoms with E-state index in [1.807, 2.05) is 5.38 Å². The summed E-state index contributed by atoms with van der Waals surface area (Å²) in [5, 5.41) is 11.9. The van der Waals surface area contributed by atoms with E-state index in [1.165, 1.54) is 17.8 Å². The fourth-order valence-corrected chi connectivity index (χ4v) is 2.46. The number of aliphatic hydroxyl groups is 1. The summed E-state index contributed by atoms with van der Waals surface area (Å²) in [6.45, 7) is 0.561. The Kier molecular flexibility index (Phi) is 2.36. The number of aliphatic hydroxyl groups excluding tert-OH is 1. The molecule has 1 aliphatic rings. The molecule has 2 rings (SSSR count). The van der Waals surface area contributed by atoms with E-state index in [2.05, 4.69) is 4.98 Å². The SMILES string of the molecule is NCC1(C(O)c2cscn2)CCC1. The lowest BCUT2D eigenvalue weighted by Crippen LogP contribution is -2.42. The van der Waals surface area contributed by atoms with Crippen LogP contribution in [0.5, 0.6) is 0 Å². The van der Waals surface area contributed by atoms with Crippen LogP contribution in [-0.2, 0) is 0 Å². The molecule has 0 aliphatic heterocycles. The van der Waals surface area contributed by atoms with E-state index in [0.717, 1.165) is 18.5 Å². The first-order chi connectivity index (χ1) is 6.28. The van der Waals surface area contributed by atoms with Crippen LogP contribution in [0.4, 0.5) is 0 Å². The molecule has 1 fully saturated rings. The minimum Gasteiger partial charge on any atom is -0.386 e. The van der Waals surface area contributed by atoms with Crippen LogP contribution in [0.15, 0.2) is 10.9 Å². The second-order valence-corrected chi connectivity index (χ2v) is 4.45. The summed E-state index contributed by atoms with van der Waals surface area (Å²) in [7, 11) is 0. The zero-order valence-electron chi connectivity index (χ0n) is 7.44. The maximum atomic E-state index is 10.0. The van der Waals surface area contributed by atoms with Gasteiger partial charge in [-0.3, -0.25) is 0 Å². The Morgan fingerprint density at radius 1 is 1.69 bits per heavy atom. The van der Waals surface area contributed by atoms with Crippen molar-refractivity contribution in [3.8, 4) is 0 Å². The Morgan fingerprint density at radius 3 is 2.85 bits per heavy atom. The van der Waals surface area contributed by atoms with Gasteiger partial charge < -0.3 is 10.8 Å². The Balaban J connectivity index is 2.16. The Labute approximate surface area is 81.6 Å². The number of nitrogens with two attached hydrogens (primary N) is 1. The highest BCUT2D eigenvalue weighted by molar-refractivity contribution is 7.07. The lowest BCUT2D eigenvalue weighted by Gasteiger charge is -2.44. The van der Waals surface area contributed by atoms with E-state index in [0.29, 0.717) is 6.54 Å². The number of rotatable bonds is 3. The summed E-state index contributed by atoms with van der Waals surface area (Å²) in [6, 6.07) is 0. The maximum Gasteiger partial charge on any atom is 0.104 e. The molecule has 1 unspecified atom stereocenters. The van der Waals surface area contributed by atoms with Crippen molar-refractivity contribution in [2.45, 2.75) is 25.4 Å². The van der Waals surface area contributed by atoms with Gasteiger partial charge in [-0.05, 0) is 12.8 Å². The van der Waals surface area contributed by atoms with Crippen LogP contribution in [-0.4, -0.2) is 16.6 Å². The first-order valence-electron chi connectivity index (χ1n) is 4.55. The normalized spacial score (nSPS) is 22.3. The number of aromatic nitrogens is 1. The highest BCUT2D eigenvalue weighted by atomic mass is 32.1. The zero-order chi connectivity index (χ0) is 9.31. The summed E-state index contributed by atoms with van der Waals surface area (Å²) in [5.41, 5.74) is 8.15. The van der Waals surface area contributed by atoms with Crippen LogP contribution in [0, 0.1) is 5.41 Å². The van der Waals surface area contributed by atoms with E-state index in [-0.39, 0.29) is 5.41 Å². The first-order valence-corrected chi connectivity index (χ1v) is 5.49. The molecule has 1 heterocycles. The summed E-state index contributed by atoms with van der Waals surface area (Å²) < 4.78 is 0. The molecule has 72 valence electrons. The van der Waals surface area contributed by atoms with Gasteiger partial charge in [-0.2, -0.15) is 0 Å². The minimum atomic E-state index is -0.461. The molecule has 0 saturated heterocycles. The van der Waals surface area contributed by atoms with Gasteiger partial charge >= 0.3 is 0 Å². The quantitative estimate of drug-likeness (QED) is 0.769. The van der Waals surface area contributed by atoms with Crippen LogP contribution in [0.1, 0.15) is 31.1 Å². The van der Waals surface area contributed by atoms with Crippen LogP contribution >= 0.6 is 11.3 Å². The highest BCUT2D eigenvalue weighted by Crippen LogP contribution is 2.49. The van der Waals surface area contributed by atoms with Crippen molar-refractivity contribution in [1.82, 2.24) is 4.98 Å². The fraction of sp³-hybridized carbons (Fsp3) is 0.667. The molecule has 4 heteroatoms. The lowest BCUT2D eigenvalue weighted by molar-refractivity contribution is -0.0318. The van der Waals surface area contributed by atoms with E-state index in [4.69, 9.17) is 5.73 Å². The van der Waals surface area contributed by atoms with Crippen molar-refractivity contribution < 1.29 is 5.11 Å². The fourth-order valence-electron chi connectivity index (χ4n) is 1.89. The van der Waals surface area contributed by atoms with Gasteiger partial charge in [0.05, 0.1) is 11.2 Å². The minimum absolute atomic E-state index is 0.0753. The molecule has 1 saturated carbocycles. The molecule has 0 radical (unpaired) electrons. The van der Waals surface area contributed by atoms with Crippen LogP contribution in [0.2, 0.25) is 0 Å². The number of nitrogens with zero attached hydrogens (tertiary/aromatic N) is 1. The van der Waals surface area contributed by atoms with Crippen molar-refractivity contribution in [2.75, 3.05) is 6.54 Å². The molecule has 1 aromatic rings. The van der Waals surface area contributed by atoms with Crippen molar-refractivity contribution in [3.05, 3.63) is 16.6 Å². The van der Waals surface area contributed by atoms with Crippen molar-refractivity contribution in [2.24, 2.45) is 11.1 Å². The van der Waals surface area contributed by atoms with Crippen molar-refractivity contribution in [1.29, 1.82) is 0 Å². The average Bonchev–Trinajstić information content (AvgIpc) is 2.54. The first kappa shape index (κ1) is 9.12. The third-order valence-corrected chi connectivity index (χ3v) is 3.67. The van der Waals surface area contributed by atoms with Gasteiger partial charge in [0.15, 0.2) is 0 Å². The zero-order valence-corrected chi connectivity index (χ0v) is 8.26. The third kappa shape index (κ3) is 1.39. The average molecular weight is 198 g/mol. The molecule has 1 atom stereocenters. The van der Waals surface area contributed by atoms with Crippen LogP contribution < -0.4 is 5.73 Å². The van der Waals surface area contributed by atoms with Gasteiger partial charge in [0.2, 0.25) is 0 Å². The van der Waals surface area contributed by atoms with Gasteiger partial charge in [0.25, 0.3) is 0 Å². The summed E-state index contributed by atoms with van der Waals surface area (Å²) in [4.78, 5) is 4.13. The molecule has 0 amide bonds. The molecule has 1 aromatic heterocycles. The van der Waals surface area contributed by atoms with E-state index in [9.17, 15) is 5.11 Å². The maximum absolute atomic E-state index is 10.0. The van der Waals surface area contributed by atoms with Crippen LogP contribution in [0.25, 0.3) is 0 Å². The molecule has 0 aromatic carbocycles. The Hall–Kier alpha value is -0.450. The molecular weight excluding hydrogens is 184 g/mol. The summed E-state index contributed by atoms with van der Waals surface area (Å²) >= 11 is 1.52. The predicted octanol–water partition coefficient (Wildman–Crippen LogP) is 1.31. The standard InChI is InChI=1S/C9H14N2OS/c10-5-9(2-1-3-9)8(12)7-4-13-6-11-7/h4,6,8,12H,1-3,5,10H2. The highest BCUT2D eigenvalue weighted by Gasteiger charge is 2.43. The summed E-state index contributed by atoms with van der Waals surface area (Å²) in [6.07, 6.45) is 2.78. The van der Waals surface area contributed by atoms with Gasteiger partial charge in [0.1, 0.15) is 6.10 Å². The number of hydrogen-bond donors (Lipinski definition) is 2. The molecule has 13 heavy (non-hydrogen) atoms. The molecular formula is C9H14N2OS. The second-order valence-electron chi connectivity index (χ2n) is 3.74. The van der Waals surface area contributed by atoms with Crippen LogP contribution in [0.3, 0.4) is 0 Å². The third-order valence-electron chi connectivity index (χ3n) is 3.07. The Morgan fingerprint density at radius 2 is 2.46 bits per heavy atom. The monoisotopic (exact) mass is 198 g/mol. The van der Waals surface area contributed by atoms with Gasteiger partial charge in [0, 0.05) is 17.3 Å². The molecule has 3 N–H and O–H groups in total. The Bertz CT molecular complexity index is 264. The van der Waals surface area contributed by atoms with Gasteiger partial charge in [-0.15, -0.1) is 11.3 Å². The largest absolute Gasteiger partial charge is 0.386 e. The number of hydrogen-bond acceptors (Lipinski definition) is 4. The molecule has 3 nitrogen and oxygen atoms in total. The lowest BCUT2D eigenvalue weighted by atomic mass is 9.64. The van der Waals surface area contributed by atoms with E-state index in [1.54, 1.807) is 5.51 Å².